The number of hydrogen-bond acceptors (Lipinski definition) is 5. The number of rotatable bonds is 7. The predicted molar refractivity (Wildman–Crippen MR) is 101 cm³/mol. The summed E-state index contributed by atoms with van der Waals surface area (Å²) in [5.41, 5.74) is 2.73. The fraction of sp³-hybridized carbons (Fsp3) is 0.150. The zero-order valence-corrected chi connectivity index (χ0v) is 14.5. The lowest BCUT2D eigenvalue weighted by molar-refractivity contribution is -0.115. The number of methoxy groups -OCH3 is 1. The molecule has 132 valence electrons. The third-order valence-electron chi connectivity index (χ3n) is 3.75. The number of ether oxygens (including phenoxy) is 1. The number of pyridine rings is 2. The second kappa shape index (κ2) is 8.62. The van der Waals surface area contributed by atoms with Gasteiger partial charge in [0.25, 0.3) is 0 Å². The van der Waals surface area contributed by atoms with Crippen LogP contribution in [0.2, 0.25) is 0 Å². The van der Waals surface area contributed by atoms with Crippen LogP contribution in [-0.2, 0) is 17.8 Å². The summed E-state index contributed by atoms with van der Waals surface area (Å²) in [5, 5.41) is 6.04. The Morgan fingerprint density at radius 3 is 2.54 bits per heavy atom. The Morgan fingerprint density at radius 1 is 1.04 bits per heavy atom. The largest absolute Gasteiger partial charge is 0.497 e. The summed E-state index contributed by atoms with van der Waals surface area (Å²) >= 11 is 0. The average molecular weight is 348 g/mol. The molecule has 2 aromatic heterocycles. The van der Waals surface area contributed by atoms with E-state index >= 15 is 0 Å². The molecule has 0 spiro atoms. The Kier molecular flexibility index (Phi) is 5.77. The minimum Gasteiger partial charge on any atom is -0.497 e. The van der Waals surface area contributed by atoms with Gasteiger partial charge in [-0.1, -0.05) is 18.2 Å². The van der Waals surface area contributed by atoms with E-state index in [1.165, 1.54) is 0 Å². The van der Waals surface area contributed by atoms with Gasteiger partial charge in [-0.25, -0.2) is 4.98 Å². The molecule has 3 aromatic rings. The minimum absolute atomic E-state index is 0.114. The van der Waals surface area contributed by atoms with Crippen molar-refractivity contribution in [2.24, 2.45) is 0 Å². The number of carbonyl (C=O) groups is 1. The molecule has 3 rings (SSSR count). The zero-order chi connectivity index (χ0) is 18.2. The van der Waals surface area contributed by atoms with E-state index < -0.39 is 0 Å². The molecule has 0 aliphatic rings. The van der Waals surface area contributed by atoms with Crippen molar-refractivity contribution < 1.29 is 9.53 Å². The molecule has 6 nitrogen and oxygen atoms in total. The van der Waals surface area contributed by atoms with Crippen molar-refractivity contribution >= 4 is 17.4 Å². The number of nitrogens with zero attached hydrogens (tertiary/aromatic N) is 2. The van der Waals surface area contributed by atoms with E-state index in [9.17, 15) is 4.79 Å². The number of anilines is 2. The van der Waals surface area contributed by atoms with Crippen molar-refractivity contribution in [2.45, 2.75) is 13.0 Å². The van der Waals surface area contributed by atoms with E-state index in [-0.39, 0.29) is 12.3 Å². The van der Waals surface area contributed by atoms with E-state index in [4.69, 9.17) is 4.74 Å². The number of nitrogens with one attached hydrogen (secondary N) is 2. The number of aromatic nitrogens is 2. The Morgan fingerprint density at radius 2 is 1.88 bits per heavy atom. The van der Waals surface area contributed by atoms with Crippen LogP contribution in [0.15, 0.2) is 67.0 Å². The van der Waals surface area contributed by atoms with Crippen LogP contribution in [-0.4, -0.2) is 23.0 Å². The Balaban J connectivity index is 1.50. The van der Waals surface area contributed by atoms with Crippen LogP contribution in [0.25, 0.3) is 0 Å². The molecular formula is C20H20N4O2. The molecule has 2 heterocycles. The molecule has 26 heavy (non-hydrogen) atoms. The molecule has 0 fully saturated rings. The van der Waals surface area contributed by atoms with Gasteiger partial charge in [0.1, 0.15) is 11.6 Å². The molecule has 6 heteroatoms. The monoisotopic (exact) mass is 348 g/mol. The van der Waals surface area contributed by atoms with Gasteiger partial charge in [-0.3, -0.25) is 9.78 Å². The molecule has 0 aliphatic carbocycles. The summed E-state index contributed by atoms with van der Waals surface area (Å²) in [6, 6.07) is 16.8. The van der Waals surface area contributed by atoms with E-state index in [2.05, 4.69) is 20.6 Å². The SMILES string of the molecule is COc1ccc(CC(=O)Nc2ccc(NCc3ccccn3)cn2)cc1. The lowest BCUT2D eigenvalue weighted by Gasteiger charge is -2.08. The molecule has 0 atom stereocenters. The predicted octanol–water partition coefficient (Wildman–Crippen LogP) is 3.28. The second-order valence-electron chi connectivity index (χ2n) is 5.68. The third-order valence-corrected chi connectivity index (χ3v) is 3.75. The van der Waals surface area contributed by atoms with Gasteiger partial charge in [-0.15, -0.1) is 0 Å². The first-order chi connectivity index (χ1) is 12.7. The van der Waals surface area contributed by atoms with Gasteiger partial charge in [-0.2, -0.15) is 0 Å². The van der Waals surface area contributed by atoms with E-state index in [1.807, 2.05) is 48.5 Å². The summed E-state index contributed by atoms with van der Waals surface area (Å²) in [6.45, 7) is 0.617. The summed E-state index contributed by atoms with van der Waals surface area (Å²) in [4.78, 5) is 20.6. The van der Waals surface area contributed by atoms with Crippen molar-refractivity contribution in [3.63, 3.8) is 0 Å². The molecule has 0 unspecified atom stereocenters. The van der Waals surface area contributed by atoms with Crippen LogP contribution in [0.4, 0.5) is 11.5 Å². The average Bonchev–Trinajstić information content (AvgIpc) is 2.69. The molecular weight excluding hydrogens is 328 g/mol. The van der Waals surface area contributed by atoms with Crippen molar-refractivity contribution in [3.05, 3.63) is 78.2 Å². The molecule has 0 saturated carbocycles. The van der Waals surface area contributed by atoms with Gasteiger partial charge in [0, 0.05) is 6.20 Å². The third kappa shape index (κ3) is 5.04. The summed E-state index contributed by atoms with van der Waals surface area (Å²) in [5.74, 6) is 1.17. The second-order valence-corrected chi connectivity index (χ2v) is 5.68. The smallest absolute Gasteiger partial charge is 0.229 e. The van der Waals surface area contributed by atoms with Gasteiger partial charge < -0.3 is 15.4 Å². The Labute approximate surface area is 152 Å². The summed E-state index contributed by atoms with van der Waals surface area (Å²) in [6.07, 6.45) is 3.73. The molecule has 0 aliphatic heterocycles. The number of benzene rings is 1. The van der Waals surface area contributed by atoms with Crippen LogP contribution in [0.1, 0.15) is 11.3 Å². The fourth-order valence-corrected chi connectivity index (χ4v) is 2.38. The van der Waals surface area contributed by atoms with Crippen molar-refractivity contribution in [2.75, 3.05) is 17.7 Å². The lowest BCUT2D eigenvalue weighted by atomic mass is 10.1. The van der Waals surface area contributed by atoms with Gasteiger partial charge in [0.15, 0.2) is 0 Å². The zero-order valence-electron chi connectivity index (χ0n) is 14.5. The standard InChI is InChI=1S/C20H20N4O2/c1-26-18-8-5-15(6-9-18)12-20(25)24-19-10-7-17(14-23-19)22-13-16-4-2-3-11-21-16/h2-11,14,22H,12-13H2,1H3,(H,23,24,25). The van der Waals surface area contributed by atoms with Gasteiger partial charge in [-0.05, 0) is 42.0 Å². The summed E-state index contributed by atoms with van der Waals surface area (Å²) < 4.78 is 5.11. The van der Waals surface area contributed by atoms with Crippen LogP contribution in [0.3, 0.4) is 0 Å². The molecule has 1 amide bonds. The lowest BCUT2D eigenvalue weighted by Crippen LogP contribution is -2.15. The first kappa shape index (κ1) is 17.4. The topological polar surface area (TPSA) is 76.1 Å². The quantitative estimate of drug-likeness (QED) is 0.685. The molecule has 1 aromatic carbocycles. The fourth-order valence-electron chi connectivity index (χ4n) is 2.38. The highest BCUT2D eigenvalue weighted by Gasteiger charge is 2.05. The normalized spacial score (nSPS) is 10.2. The summed E-state index contributed by atoms with van der Waals surface area (Å²) in [7, 11) is 1.61. The van der Waals surface area contributed by atoms with Crippen LogP contribution >= 0.6 is 0 Å². The van der Waals surface area contributed by atoms with Crippen LogP contribution < -0.4 is 15.4 Å². The van der Waals surface area contributed by atoms with E-state index in [0.717, 1.165) is 22.7 Å². The maximum Gasteiger partial charge on any atom is 0.229 e. The highest BCUT2D eigenvalue weighted by molar-refractivity contribution is 5.91. The number of amides is 1. The highest BCUT2D eigenvalue weighted by Crippen LogP contribution is 2.13. The van der Waals surface area contributed by atoms with Crippen LogP contribution in [0, 0.1) is 0 Å². The van der Waals surface area contributed by atoms with Gasteiger partial charge in [0.2, 0.25) is 5.91 Å². The highest BCUT2D eigenvalue weighted by atomic mass is 16.5. The maximum atomic E-state index is 12.1. The molecule has 0 bridgehead atoms. The van der Waals surface area contributed by atoms with Crippen molar-refractivity contribution in [1.82, 2.24) is 9.97 Å². The molecule has 0 saturated heterocycles. The Bertz CT molecular complexity index is 834. The minimum atomic E-state index is -0.114. The van der Waals surface area contributed by atoms with E-state index in [0.29, 0.717) is 12.4 Å². The Hall–Kier alpha value is -3.41. The van der Waals surface area contributed by atoms with E-state index in [1.54, 1.807) is 25.6 Å². The first-order valence-corrected chi connectivity index (χ1v) is 8.25. The molecule has 2 N–H and O–H groups in total. The van der Waals surface area contributed by atoms with Crippen molar-refractivity contribution in [3.8, 4) is 5.75 Å². The van der Waals surface area contributed by atoms with Gasteiger partial charge >= 0.3 is 0 Å². The maximum absolute atomic E-state index is 12.1. The molecule has 0 radical (unpaired) electrons. The number of hydrogen-bond donors (Lipinski definition) is 2. The van der Waals surface area contributed by atoms with Crippen LogP contribution in [0.5, 0.6) is 5.75 Å². The number of carbonyl (C=O) groups excluding carboxylic acids is 1. The van der Waals surface area contributed by atoms with Crippen molar-refractivity contribution in [1.29, 1.82) is 0 Å². The first-order valence-electron chi connectivity index (χ1n) is 8.25. The van der Waals surface area contributed by atoms with Gasteiger partial charge in [0.05, 0.1) is 37.7 Å².